The molecule has 202 valence electrons. The molecular weight excluding hydrogens is 516 g/mol. The van der Waals surface area contributed by atoms with Crippen molar-refractivity contribution in [2.24, 2.45) is 11.0 Å². The van der Waals surface area contributed by atoms with Gasteiger partial charge in [0.05, 0.1) is 50.8 Å². The molecule has 1 saturated carbocycles. The predicted molar refractivity (Wildman–Crippen MR) is 152 cm³/mol. The summed E-state index contributed by atoms with van der Waals surface area (Å²) in [5.74, 6) is 2.32. The van der Waals surface area contributed by atoms with E-state index in [9.17, 15) is 4.79 Å². The van der Waals surface area contributed by atoms with Crippen molar-refractivity contribution in [3.8, 4) is 23.0 Å². The van der Waals surface area contributed by atoms with Crippen LogP contribution >= 0.6 is 11.6 Å². The van der Waals surface area contributed by atoms with Crippen LogP contribution in [0.4, 0.5) is 0 Å². The minimum absolute atomic E-state index is 0.00897. The first-order valence-electron chi connectivity index (χ1n) is 12.8. The van der Waals surface area contributed by atoms with Crippen LogP contribution in [0.1, 0.15) is 46.8 Å². The largest absolute Gasteiger partial charge is 0.493 e. The smallest absolute Gasteiger partial charge is 0.276 e. The number of hydrogen-bond acceptors (Lipinski definition) is 6. The fraction of sp³-hybridized carbons (Fsp3) is 0.290. The van der Waals surface area contributed by atoms with Crippen molar-refractivity contribution in [3.05, 3.63) is 87.9 Å². The Morgan fingerprint density at radius 2 is 1.56 bits per heavy atom. The van der Waals surface area contributed by atoms with Gasteiger partial charge in [-0.2, -0.15) is 5.10 Å². The number of rotatable bonds is 7. The lowest BCUT2D eigenvalue weighted by Gasteiger charge is -2.30. The fourth-order valence-corrected chi connectivity index (χ4v) is 5.66. The van der Waals surface area contributed by atoms with E-state index in [2.05, 4.69) is 6.08 Å². The number of benzene rings is 3. The Labute approximate surface area is 233 Å². The molecule has 2 atom stereocenters. The molecule has 0 spiro atoms. The number of nitrogens with zero attached hydrogens (tertiary/aromatic N) is 2. The second kappa shape index (κ2) is 11.4. The van der Waals surface area contributed by atoms with E-state index in [1.54, 1.807) is 45.6 Å². The second-order valence-electron chi connectivity index (χ2n) is 9.46. The van der Waals surface area contributed by atoms with Crippen molar-refractivity contribution < 1.29 is 23.7 Å². The van der Waals surface area contributed by atoms with E-state index < -0.39 is 0 Å². The Kier molecular flexibility index (Phi) is 7.79. The van der Waals surface area contributed by atoms with Crippen LogP contribution in [0.3, 0.4) is 0 Å². The highest BCUT2D eigenvalue weighted by molar-refractivity contribution is 6.33. The molecule has 1 aliphatic heterocycles. The predicted octanol–water partition coefficient (Wildman–Crippen LogP) is 6.81. The minimum Gasteiger partial charge on any atom is -0.493 e. The number of methoxy groups -OCH3 is 4. The summed E-state index contributed by atoms with van der Waals surface area (Å²) in [4.78, 5) is 13.9. The molecule has 8 heteroatoms. The normalized spacial score (nSPS) is 19.4. The van der Waals surface area contributed by atoms with E-state index >= 15 is 0 Å². The van der Waals surface area contributed by atoms with Gasteiger partial charge in [-0.15, -0.1) is 0 Å². The summed E-state index contributed by atoms with van der Waals surface area (Å²) in [6.45, 7) is 0. The molecule has 0 N–H and O–H groups in total. The molecule has 1 aliphatic carbocycles. The van der Waals surface area contributed by atoms with Crippen LogP contribution in [0.25, 0.3) is 6.08 Å². The van der Waals surface area contributed by atoms with Gasteiger partial charge in [0.25, 0.3) is 5.91 Å². The summed E-state index contributed by atoms with van der Waals surface area (Å²) < 4.78 is 22.0. The Hall–Kier alpha value is -3.97. The lowest BCUT2D eigenvalue weighted by Crippen LogP contribution is -2.32. The molecule has 7 nitrogen and oxygen atoms in total. The molecule has 0 saturated heterocycles. The van der Waals surface area contributed by atoms with Gasteiger partial charge in [0.15, 0.2) is 23.0 Å². The zero-order valence-corrected chi connectivity index (χ0v) is 23.2. The molecule has 0 aromatic heterocycles. The third-order valence-corrected chi connectivity index (χ3v) is 7.64. The van der Waals surface area contributed by atoms with E-state index in [-0.39, 0.29) is 17.9 Å². The molecule has 1 amide bonds. The Balaban J connectivity index is 1.60. The number of halogens is 1. The molecule has 0 radical (unpaired) electrons. The maximum atomic E-state index is 13.9. The number of amides is 1. The summed E-state index contributed by atoms with van der Waals surface area (Å²) in [6, 6.07) is 18.4. The zero-order chi connectivity index (χ0) is 27.5. The number of allylic oxidation sites excluding steroid dienone is 1. The van der Waals surface area contributed by atoms with Crippen molar-refractivity contribution >= 4 is 29.3 Å². The fourth-order valence-electron chi connectivity index (χ4n) is 5.44. The molecule has 0 bridgehead atoms. The Morgan fingerprint density at radius 3 is 2.26 bits per heavy atom. The molecule has 0 unspecified atom stereocenters. The highest BCUT2D eigenvalue weighted by Crippen LogP contribution is 2.46. The highest BCUT2D eigenvalue weighted by atomic mass is 35.5. The van der Waals surface area contributed by atoms with Crippen LogP contribution in [0.5, 0.6) is 23.0 Å². The molecule has 39 heavy (non-hydrogen) atoms. The topological polar surface area (TPSA) is 69.6 Å². The van der Waals surface area contributed by atoms with E-state index in [0.29, 0.717) is 33.6 Å². The van der Waals surface area contributed by atoms with Crippen molar-refractivity contribution in [1.82, 2.24) is 5.01 Å². The van der Waals surface area contributed by atoms with Crippen LogP contribution in [0, 0.1) is 5.92 Å². The van der Waals surface area contributed by atoms with Crippen LogP contribution < -0.4 is 18.9 Å². The molecule has 3 aromatic rings. The minimum atomic E-state index is -0.322. The Morgan fingerprint density at radius 1 is 0.897 bits per heavy atom. The van der Waals surface area contributed by atoms with Gasteiger partial charge >= 0.3 is 0 Å². The maximum Gasteiger partial charge on any atom is 0.276 e. The number of hydrogen-bond donors (Lipinski definition) is 0. The van der Waals surface area contributed by atoms with Gasteiger partial charge in [0.1, 0.15) is 0 Å². The average Bonchev–Trinajstić information content (AvgIpc) is 3.37. The third kappa shape index (κ3) is 5.06. The number of ether oxygens (including phenoxy) is 4. The standard InChI is InChI=1S/C31H31ClN2O5/c1-36-25-14-12-19(17-27(25)38-3)16-20-8-7-10-23-29(20)33-34(31(35)22-9-5-6-11-24(22)32)30(23)21-13-15-26(37-2)28(18-21)39-4/h5-6,9,11-18,23,30H,7-8,10H2,1-4H3/b20-16+/t23-,30-/m1/s1. The zero-order valence-electron chi connectivity index (χ0n) is 22.4. The van der Waals surface area contributed by atoms with E-state index in [0.717, 1.165) is 41.7 Å². The second-order valence-corrected chi connectivity index (χ2v) is 9.86. The van der Waals surface area contributed by atoms with Gasteiger partial charge in [0.2, 0.25) is 0 Å². The number of fused-ring (bicyclic) bond motifs is 1. The van der Waals surface area contributed by atoms with Crippen molar-refractivity contribution in [2.75, 3.05) is 28.4 Å². The van der Waals surface area contributed by atoms with E-state index in [4.69, 9.17) is 35.6 Å². The summed E-state index contributed by atoms with van der Waals surface area (Å²) in [7, 11) is 6.45. The first-order valence-corrected chi connectivity index (χ1v) is 13.2. The number of carbonyl (C=O) groups excluding carboxylic acids is 1. The molecule has 3 aromatic carbocycles. The molecule has 1 fully saturated rings. The van der Waals surface area contributed by atoms with Gasteiger partial charge in [-0.25, -0.2) is 5.01 Å². The molecule has 2 aliphatic rings. The van der Waals surface area contributed by atoms with Crippen molar-refractivity contribution in [3.63, 3.8) is 0 Å². The average molecular weight is 547 g/mol. The van der Waals surface area contributed by atoms with Crippen molar-refractivity contribution in [1.29, 1.82) is 0 Å². The van der Waals surface area contributed by atoms with E-state index in [1.807, 2.05) is 48.5 Å². The van der Waals surface area contributed by atoms with Gasteiger partial charge in [0, 0.05) is 5.92 Å². The Bertz CT molecular complexity index is 1450. The lowest BCUT2D eigenvalue weighted by atomic mass is 9.77. The van der Waals surface area contributed by atoms with Gasteiger partial charge in [-0.3, -0.25) is 4.79 Å². The van der Waals surface area contributed by atoms with Crippen LogP contribution in [-0.2, 0) is 0 Å². The summed E-state index contributed by atoms with van der Waals surface area (Å²) in [5.41, 5.74) is 4.32. The first kappa shape index (κ1) is 26.6. The van der Waals surface area contributed by atoms with Gasteiger partial charge < -0.3 is 18.9 Å². The monoisotopic (exact) mass is 546 g/mol. The van der Waals surface area contributed by atoms with Gasteiger partial charge in [-0.05, 0) is 78.4 Å². The molecular formula is C31H31ClN2O5. The third-order valence-electron chi connectivity index (χ3n) is 7.31. The highest BCUT2D eigenvalue weighted by Gasteiger charge is 2.44. The summed E-state index contributed by atoms with van der Waals surface area (Å²) >= 11 is 6.45. The van der Waals surface area contributed by atoms with Crippen LogP contribution in [-0.4, -0.2) is 45.1 Å². The summed E-state index contributed by atoms with van der Waals surface area (Å²) in [6.07, 6.45) is 4.85. The maximum absolute atomic E-state index is 13.9. The van der Waals surface area contributed by atoms with Crippen LogP contribution in [0.2, 0.25) is 5.02 Å². The SMILES string of the molecule is COc1ccc(/C=C2\CCC[C@@H]3C2=NN(C(=O)c2ccccc2Cl)[C@@H]3c2ccc(OC)c(OC)c2)cc1OC. The number of carbonyl (C=O) groups is 1. The lowest BCUT2D eigenvalue weighted by molar-refractivity contribution is 0.0680. The summed E-state index contributed by atoms with van der Waals surface area (Å²) in [5, 5.41) is 6.97. The number of hydrazone groups is 1. The quantitative estimate of drug-likeness (QED) is 0.325. The molecule has 5 rings (SSSR count). The molecule has 1 heterocycles. The van der Waals surface area contributed by atoms with Gasteiger partial charge in [-0.1, -0.05) is 35.9 Å². The first-order chi connectivity index (χ1) is 19.0. The van der Waals surface area contributed by atoms with Crippen molar-refractivity contribution in [2.45, 2.75) is 25.3 Å². The van der Waals surface area contributed by atoms with E-state index in [1.165, 1.54) is 0 Å². The van der Waals surface area contributed by atoms with Crippen LogP contribution in [0.15, 0.2) is 71.3 Å².